The van der Waals surface area contributed by atoms with Crippen molar-refractivity contribution in [1.29, 1.82) is 0 Å². The zero-order valence-corrected chi connectivity index (χ0v) is 11.3. The second-order valence-electron chi connectivity index (χ2n) is 4.83. The summed E-state index contributed by atoms with van der Waals surface area (Å²) >= 11 is 0. The Hall–Kier alpha value is -1.36. The summed E-state index contributed by atoms with van der Waals surface area (Å²) in [6.45, 7) is 7.65. The minimum absolute atomic E-state index is 0.0422. The molecule has 18 heavy (non-hydrogen) atoms. The first-order valence-corrected chi connectivity index (χ1v) is 6.63. The molecule has 5 nitrogen and oxygen atoms in total. The molecule has 1 aromatic heterocycles. The third kappa shape index (κ3) is 2.41. The molecule has 2 rings (SSSR count). The van der Waals surface area contributed by atoms with Crippen molar-refractivity contribution in [3.8, 4) is 0 Å². The molecule has 2 heterocycles. The number of aryl methyl sites for hydroxylation is 1. The van der Waals surface area contributed by atoms with Crippen LogP contribution in [0.3, 0.4) is 0 Å². The average Bonchev–Trinajstić information content (AvgIpc) is 2.83. The number of carbonyl (C=O) groups excluding carboxylic acids is 1. The van der Waals surface area contributed by atoms with E-state index in [0.29, 0.717) is 17.4 Å². The van der Waals surface area contributed by atoms with Crippen molar-refractivity contribution in [2.45, 2.75) is 45.7 Å². The lowest BCUT2D eigenvalue weighted by atomic mass is 10.0. The summed E-state index contributed by atoms with van der Waals surface area (Å²) in [7, 11) is 0. The fourth-order valence-corrected chi connectivity index (χ4v) is 2.41. The third-order valence-electron chi connectivity index (χ3n) is 3.71. The van der Waals surface area contributed by atoms with Gasteiger partial charge >= 0.3 is 0 Å². The first kappa shape index (κ1) is 13.1. The Morgan fingerprint density at radius 1 is 1.56 bits per heavy atom. The Balaban J connectivity index is 2.17. The maximum atomic E-state index is 12.5. The molecule has 0 spiro atoms. The monoisotopic (exact) mass is 251 g/mol. The highest BCUT2D eigenvalue weighted by Gasteiger charge is 2.31. The lowest BCUT2D eigenvalue weighted by molar-refractivity contribution is 0.0574. The van der Waals surface area contributed by atoms with E-state index in [9.17, 15) is 4.79 Å². The van der Waals surface area contributed by atoms with Crippen LogP contribution in [0.15, 0.2) is 10.7 Å². The second kappa shape index (κ2) is 5.52. The van der Waals surface area contributed by atoms with Crippen LogP contribution in [0, 0.1) is 6.92 Å². The zero-order valence-electron chi connectivity index (χ0n) is 11.3. The van der Waals surface area contributed by atoms with Crippen LogP contribution >= 0.6 is 0 Å². The van der Waals surface area contributed by atoms with Crippen LogP contribution in [0.4, 0.5) is 0 Å². The summed E-state index contributed by atoms with van der Waals surface area (Å²) in [5, 5.41) is 7.17. The zero-order chi connectivity index (χ0) is 13.1. The molecule has 1 fully saturated rings. The average molecular weight is 251 g/mol. The molecule has 0 aromatic carbocycles. The number of aromatic nitrogens is 1. The molecule has 1 aromatic rings. The van der Waals surface area contributed by atoms with Gasteiger partial charge in [-0.25, -0.2) is 0 Å². The number of piperazine rings is 1. The molecule has 5 heteroatoms. The van der Waals surface area contributed by atoms with E-state index in [1.165, 1.54) is 6.20 Å². The molecule has 1 saturated heterocycles. The Kier molecular flexibility index (Phi) is 4.01. The first-order chi connectivity index (χ1) is 8.67. The maximum Gasteiger partial charge on any atom is 0.259 e. The van der Waals surface area contributed by atoms with E-state index >= 15 is 0 Å². The van der Waals surface area contributed by atoms with Gasteiger partial charge in [0.25, 0.3) is 5.91 Å². The standard InChI is InChI=1S/C13H21N3O2/c1-4-10-8-16(11(5-2)6-14-10)13(17)12-7-15-18-9(12)3/h7,10-11,14H,4-6,8H2,1-3H3. The highest BCUT2D eigenvalue weighted by molar-refractivity contribution is 5.95. The Bertz CT molecular complexity index is 416. The van der Waals surface area contributed by atoms with E-state index in [2.05, 4.69) is 24.3 Å². The van der Waals surface area contributed by atoms with Gasteiger partial charge in [-0.1, -0.05) is 19.0 Å². The van der Waals surface area contributed by atoms with E-state index in [1.807, 2.05) is 4.90 Å². The molecule has 0 aliphatic carbocycles. The van der Waals surface area contributed by atoms with Gasteiger partial charge in [0.15, 0.2) is 0 Å². The Morgan fingerprint density at radius 2 is 2.33 bits per heavy atom. The molecular formula is C13H21N3O2. The molecule has 2 unspecified atom stereocenters. The van der Waals surface area contributed by atoms with Crippen molar-refractivity contribution in [3.05, 3.63) is 17.5 Å². The molecule has 1 aliphatic heterocycles. The van der Waals surface area contributed by atoms with Crippen molar-refractivity contribution in [3.63, 3.8) is 0 Å². The highest BCUT2D eigenvalue weighted by atomic mass is 16.5. The minimum Gasteiger partial charge on any atom is -0.361 e. The van der Waals surface area contributed by atoms with Gasteiger partial charge in [-0.05, 0) is 19.8 Å². The van der Waals surface area contributed by atoms with Gasteiger partial charge in [-0.15, -0.1) is 0 Å². The molecule has 100 valence electrons. The molecule has 0 radical (unpaired) electrons. The summed E-state index contributed by atoms with van der Waals surface area (Å²) in [5.41, 5.74) is 0.588. The van der Waals surface area contributed by atoms with Gasteiger partial charge in [-0.3, -0.25) is 4.79 Å². The lowest BCUT2D eigenvalue weighted by Gasteiger charge is -2.39. The van der Waals surface area contributed by atoms with E-state index in [-0.39, 0.29) is 11.9 Å². The number of carbonyl (C=O) groups is 1. The SMILES string of the molecule is CCC1CN(C(=O)c2cnoc2C)C(CC)CN1. The van der Waals surface area contributed by atoms with Gasteiger partial charge < -0.3 is 14.7 Å². The van der Waals surface area contributed by atoms with Crippen molar-refractivity contribution >= 4 is 5.91 Å². The number of rotatable bonds is 3. The molecule has 2 atom stereocenters. The number of hydrogen-bond acceptors (Lipinski definition) is 4. The van der Waals surface area contributed by atoms with Crippen LogP contribution < -0.4 is 5.32 Å². The number of hydrogen-bond donors (Lipinski definition) is 1. The van der Waals surface area contributed by atoms with E-state index in [0.717, 1.165) is 25.9 Å². The Labute approximate surface area is 108 Å². The van der Waals surface area contributed by atoms with Crippen molar-refractivity contribution in [2.75, 3.05) is 13.1 Å². The van der Waals surface area contributed by atoms with Crippen LogP contribution in [0.5, 0.6) is 0 Å². The largest absolute Gasteiger partial charge is 0.361 e. The molecule has 0 saturated carbocycles. The van der Waals surface area contributed by atoms with Crippen molar-refractivity contribution < 1.29 is 9.32 Å². The van der Waals surface area contributed by atoms with Crippen molar-refractivity contribution in [1.82, 2.24) is 15.4 Å². The predicted octanol–water partition coefficient (Wildman–Crippen LogP) is 1.59. The summed E-state index contributed by atoms with van der Waals surface area (Å²) in [6, 6.07) is 0.645. The summed E-state index contributed by atoms with van der Waals surface area (Å²) < 4.78 is 4.99. The van der Waals surface area contributed by atoms with Crippen LogP contribution in [0.2, 0.25) is 0 Å². The summed E-state index contributed by atoms with van der Waals surface area (Å²) in [5.74, 6) is 0.641. The molecule has 1 aliphatic rings. The topological polar surface area (TPSA) is 58.4 Å². The second-order valence-corrected chi connectivity index (χ2v) is 4.83. The number of nitrogens with zero attached hydrogens (tertiary/aromatic N) is 2. The van der Waals surface area contributed by atoms with E-state index in [1.54, 1.807) is 6.92 Å². The van der Waals surface area contributed by atoms with Crippen LogP contribution in [-0.4, -0.2) is 41.1 Å². The quantitative estimate of drug-likeness (QED) is 0.886. The minimum atomic E-state index is 0.0422. The van der Waals surface area contributed by atoms with Crippen LogP contribution in [-0.2, 0) is 0 Å². The summed E-state index contributed by atoms with van der Waals surface area (Å²) in [4.78, 5) is 14.5. The summed E-state index contributed by atoms with van der Waals surface area (Å²) in [6.07, 6.45) is 3.51. The molecule has 0 bridgehead atoms. The maximum absolute atomic E-state index is 12.5. The highest BCUT2D eigenvalue weighted by Crippen LogP contribution is 2.17. The van der Waals surface area contributed by atoms with Gasteiger partial charge in [0.05, 0.1) is 6.20 Å². The fraction of sp³-hybridized carbons (Fsp3) is 0.692. The first-order valence-electron chi connectivity index (χ1n) is 6.63. The van der Waals surface area contributed by atoms with Crippen molar-refractivity contribution in [2.24, 2.45) is 0 Å². The smallest absolute Gasteiger partial charge is 0.259 e. The van der Waals surface area contributed by atoms with Crippen LogP contribution in [0.1, 0.15) is 42.8 Å². The van der Waals surface area contributed by atoms with E-state index in [4.69, 9.17) is 4.52 Å². The number of amides is 1. The van der Waals surface area contributed by atoms with Crippen LogP contribution in [0.25, 0.3) is 0 Å². The lowest BCUT2D eigenvalue weighted by Crippen LogP contribution is -2.57. The van der Waals surface area contributed by atoms with Gasteiger partial charge in [0, 0.05) is 25.2 Å². The molecule has 1 N–H and O–H groups in total. The van der Waals surface area contributed by atoms with Gasteiger partial charge in [0.1, 0.15) is 11.3 Å². The van der Waals surface area contributed by atoms with Gasteiger partial charge in [-0.2, -0.15) is 0 Å². The molecular weight excluding hydrogens is 230 g/mol. The predicted molar refractivity (Wildman–Crippen MR) is 68.4 cm³/mol. The van der Waals surface area contributed by atoms with E-state index < -0.39 is 0 Å². The fourth-order valence-electron chi connectivity index (χ4n) is 2.41. The third-order valence-corrected chi connectivity index (χ3v) is 3.71. The Morgan fingerprint density at radius 3 is 2.89 bits per heavy atom. The number of nitrogens with one attached hydrogen (secondary N) is 1. The normalized spacial score (nSPS) is 24.3. The van der Waals surface area contributed by atoms with Gasteiger partial charge in [0.2, 0.25) is 0 Å². The molecule has 1 amide bonds.